The lowest BCUT2D eigenvalue weighted by Gasteiger charge is -2.26. The van der Waals surface area contributed by atoms with Crippen LogP contribution in [0.2, 0.25) is 5.02 Å². The lowest BCUT2D eigenvalue weighted by atomic mass is 9.94. The van der Waals surface area contributed by atoms with E-state index in [9.17, 15) is 19.1 Å². The van der Waals surface area contributed by atoms with Crippen LogP contribution in [-0.4, -0.2) is 30.5 Å². The van der Waals surface area contributed by atoms with Crippen molar-refractivity contribution in [3.05, 3.63) is 93.8 Å². The van der Waals surface area contributed by atoms with Gasteiger partial charge in [0, 0.05) is 16.3 Å². The van der Waals surface area contributed by atoms with Crippen molar-refractivity contribution >= 4 is 34.7 Å². The second-order valence-electron chi connectivity index (χ2n) is 7.96. The van der Waals surface area contributed by atoms with Gasteiger partial charge in [-0.1, -0.05) is 23.7 Å². The van der Waals surface area contributed by atoms with E-state index in [0.29, 0.717) is 34.4 Å². The van der Waals surface area contributed by atoms with Gasteiger partial charge in [0.05, 0.1) is 25.3 Å². The molecule has 35 heavy (non-hydrogen) atoms. The van der Waals surface area contributed by atoms with E-state index in [1.165, 1.54) is 30.2 Å². The van der Waals surface area contributed by atoms with Gasteiger partial charge in [-0.2, -0.15) is 0 Å². The summed E-state index contributed by atoms with van der Waals surface area (Å²) in [6.07, 6.45) is 0. The third-order valence-corrected chi connectivity index (χ3v) is 6.00. The van der Waals surface area contributed by atoms with E-state index in [-0.39, 0.29) is 16.7 Å². The third-order valence-electron chi connectivity index (χ3n) is 5.77. The molecule has 0 bridgehead atoms. The number of anilines is 1. The Balaban J connectivity index is 1.98. The molecule has 1 aliphatic rings. The molecule has 1 N–H and O–H groups in total. The van der Waals surface area contributed by atoms with Crippen LogP contribution in [0.1, 0.15) is 29.7 Å². The lowest BCUT2D eigenvalue weighted by molar-refractivity contribution is -0.132. The van der Waals surface area contributed by atoms with Crippen molar-refractivity contribution in [1.29, 1.82) is 0 Å². The van der Waals surface area contributed by atoms with Crippen LogP contribution >= 0.6 is 11.6 Å². The van der Waals surface area contributed by atoms with E-state index in [2.05, 4.69) is 0 Å². The van der Waals surface area contributed by atoms with Crippen LogP contribution in [0, 0.1) is 12.7 Å². The minimum atomic E-state index is -0.996. The zero-order valence-electron chi connectivity index (χ0n) is 19.3. The lowest BCUT2D eigenvalue weighted by Crippen LogP contribution is -2.29. The minimum Gasteiger partial charge on any atom is -0.507 e. The van der Waals surface area contributed by atoms with Gasteiger partial charge in [0.15, 0.2) is 11.5 Å². The number of aryl methyl sites for hydroxylation is 1. The topological polar surface area (TPSA) is 76.1 Å². The number of methoxy groups -OCH3 is 1. The zero-order valence-corrected chi connectivity index (χ0v) is 20.1. The average molecular weight is 496 g/mol. The summed E-state index contributed by atoms with van der Waals surface area (Å²) < 4.78 is 24.9. The monoisotopic (exact) mass is 495 g/mol. The van der Waals surface area contributed by atoms with Crippen LogP contribution in [-0.2, 0) is 9.59 Å². The van der Waals surface area contributed by atoms with Crippen LogP contribution < -0.4 is 14.4 Å². The molecule has 3 aromatic rings. The fraction of sp³-hybridized carbons (Fsp3) is 0.185. The van der Waals surface area contributed by atoms with Crippen molar-refractivity contribution in [2.75, 3.05) is 18.6 Å². The summed E-state index contributed by atoms with van der Waals surface area (Å²) in [5.41, 5.74) is 1.27. The highest BCUT2D eigenvalue weighted by atomic mass is 35.5. The molecule has 8 heteroatoms. The fourth-order valence-electron chi connectivity index (χ4n) is 4.12. The highest BCUT2D eigenvalue weighted by molar-refractivity contribution is 6.51. The molecule has 1 unspecified atom stereocenters. The highest BCUT2D eigenvalue weighted by Crippen LogP contribution is 2.44. The number of carbonyl (C=O) groups excluding carboxylic acids is 2. The maximum Gasteiger partial charge on any atom is 0.300 e. The molecule has 0 radical (unpaired) electrons. The fourth-order valence-corrected chi connectivity index (χ4v) is 4.30. The smallest absolute Gasteiger partial charge is 0.300 e. The SMILES string of the molecule is CCOc1cc(C2/C(=C(/O)c3ccc(F)c(C)c3)C(=O)C(=O)N2c2cccc(Cl)c2)ccc1OC. The number of halogens is 2. The molecule has 4 rings (SSSR count). The maximum absolute atomic E-state index is 13.9. The highest BCUT2D eigenvalue weighted by Gasteiger charge is 2.47. The van der Waals surface area contributed by atoms with E-state index < -0.39 is 29.3 Å². The number of hydrogen-bond donors (Lipinski definition) is 1. The molecule has 1 fully saturated rings. The first kappa shape index (κ1) is 24.3. The number of ketones is 1. The minimum absolute atomic E-state index is 0.131. The standard InChI is InChI=1S/C27H23ClFNO5/c1-4-35-22-13-16(9-11-21(22)34-3)24-23(25(31)17-8-10-20(29)15(2)12-17)26(32)27(33)30(24)19-7-5-6-18(28)14-19/h5-14,24,31H,4H2,1-3H3/b25-23-. The summed E-state index contributed by atoms with van der Waals surface area (Å²) >= 11 is 6.18. The number of Topliss-reactive ketones (excluding diaryl/α,β-unsaturated/α-hetero) is 1. The van der Waals surface area contributed by atoms with E-state index in [0.717, 1.165) is 0 Å². The van der Waals surface area contributed by atoms with Gasteiger partial charge in [-0.3, -0.25) is 14.5 Å². The van der Waals surface area contributed by atoms with Gasteiger partial charge in [-0.15, -0.1) is 0 Å². The van der Waals surface area contributed by atoms with Gasteiger partial charge in [-0.05, 0) is 73.5 Å². The van der Waals surface area contributed by atoms with Crippen LogP contribution in [0.5, 0.6) is 11.5 Å². The molecule has 180 valence electrons. The number of carbonyl (C=O) groups is 2. The van der Waals surface area contributed by atoms with Crippen molar-refractivity contribution in [3.63, 3.8) is 0 Å². The average Bonchev–Trinajstić information content (AvgIpc) is 3.11. The summed E-state index contributed by atoms with van der Waals surface area (Å²) in [5, 5.41) is 11.6. The predicted molar refractivity (Wildman–Crippen MR) is 132 cm³/mol. The Bertz CT molecular complexity index is 1350. The van der Waals surface area contributed by atoms with E-state index >= 15 is 0 Å². The Morgan fingerprint density at radius 3 is 2.51 bits per heavy atom. The normalized spacial score (nSPS) is 17.1. The van der Waals surface area contributed by atoms with Crippen molar-refractivity contribution in [2.24, 2.45) is 0 Å². The number of amides is 1. The number of hydrogen-bond acceptors (Lipinski definition) is 5. The molecule has 1 heterocycles. The molecule has 1 saturated heterocycles. The first-order valence-electron chi connectivity index (χ1n) is 10.9. The molecule has 6 nitrogen and oxygen atoms in total. The van der Waals surface area contributed by atoms with Crippen molar-refractivity contribution in [3.8, 4) is 11.5 Å². The molecular weight excluding hydrogens is 473 g/mol. The van der Waals surface area contributed by atoms with Crippen molar-refractivity contribution in [2.45, 2.75) is 19.9 Å². The van der Waals surface area contributed by atoms with Gasteiger partial charge < -0.3 is 14.6 Å². The number of rotatable bonds is 6. The molecule has 1 aliphatic heterocycles. The molecule has 3 aromatic carbocycles. The van der Waals surface area contributed by atoms with Gasteiger partial charge in [0.2, 0.25) is 0 Å². The maximum atomic E-state index is 13.9. The van der Waals surface area contributed by atoms with E-state index in [1.54, 1.807) is 49.4 Å². The predicted octanol–water partition coefficient (Wildman–Crippen LogP) is 5.82. The Hall–Kier alpha value is -3.84. The van der Waals surface area contributed by atoms with E-state index in [1.807, 2.05) is 6.92 Å². The van der Waals surface area contributed by atoms with Crippen LogP contribution in [0.25, 0.3) is 5.76 Å². The molecular formula is C27H23ClFNO5. The number of nitrogens with zero attached hydrogens (tertiary/aromatic N) is 1. The summed E-state index contributed by atoms with van der Waals surface area (Å²) in [6.45, 7) is 3.73. The number of ether oxygens (including phenoxy) is 2. The van der Waals surface area contributed by atoms with Crippen LogP contribution in [0.4, 0.5) is 10.1 Å². The Labute approximate surface area is 207 Å². The summed E-state index contributed by atoms with van der Waals surface area (Å²) in [7, 11) is 1.51. The molecule has 0 saturated carbocycles. The summed E-state index contributed by atoms with van der Waals surface area (Å²) in [4.78, 5) is 27.8. The third kappa shape index (κ3) is 4.47. The van der Waals surface area contributed by atoms with Crippen LogP contribution in [0.3, 0.4) is 0 Å². The van der Waals surface area contributed by atoms with Crippen molar-refractivity contribution < 1.29 is 28.6 Å². The number of aliphatic hydroxyl groups excluding tert-OH is 1. The molecule has 0 aromatic heterocycles. The first-order valence-corrected chi connectivity index (χ1v) is 11.3. The van der Waals surface area contributed by atoms with Crippen LogP contribution in [0.15, 0.2) is 66.2 Å². The zero-order chi connectivity index (χ0) is 25.3. The van der Waals surface area contributed by atoms with Crippen molar-refractivity contribution in [1.82, 2.24) is 0 Å². The molecule has 1 amide bonds. The molecule has 0 aliphatic carbocycles. The Morgan fingerprint density at radius 2 is 1.86 bits per heavy atom. The van der Waals surface area contributed by atoms with Gasteiger partial charge in [-0.25, -0.2) is 4.39 Å². The van der Waals surface area contributed by atoms with Gasteiger partial charge in [0.1, 0.15) is 11.6 Å². The number of aliphatic hydroxyl groups is 1. The first-order chi connectivity index (χ1) is 16.8. The Kier molecular flexibility index (Phi) is 6.80. The van der Waals surface area contributed by atoms with E-state index in [4.69, 9.17) is 21.1 Å². The molecule has 0 spiro atoms. The number of benzene rings is 3. The second-order valence-corrected chi connectivity index (χ2v) is 8.39. The second kappa shape index (κ2) is 9.80. The summed E-state index contributed by atoms with van der Waals surface area (Å²) in [5.74, 6) is -1.66. The van der Waals surface area contributed by atoms with Gasteiger partial charge >= 0.3 is 0 Å². The van der Waals surface area contributed by atoms with Gasteiger partial charge in [0.25, 0.3) is 11.7 Å². The molecule has 1 atom stereocenters. The Morgan fingerprint density at radius 1 is 1.09 bits per heavy atom. The summed E-state index contributed by atoms with van der Waals surface area (Å²) in [6, 6.07) is 14.5. The quantitative estimate of drug-likeness (QED) is 0.265. The largest absolute Gasteiger partial charge is 0.507 e.